The van der Waals surface area contributed by atoms with E-state index in [9.17, 15) is 14.4 Å². The molecule has 1 aromatic rings. The molecule has 2 N–H and O–H groups in total. The summed E-state index contributed by atoms with van der Waals surface area (Å²) in [5.74, 6) is -1.67. The zero-order chi connectivity index (χ0) is 26.2. The quantitative estimate of drug-likeness (QED) is 0.393. The summed E-state index contributed by atoms with van der Waals surface area (Å²) >= 11 is 0. The van der Waals surface area contributed by atoms with Gasteiger partial charge in [0.15, 0.2) is 0 Å². The molecule has 0 spiro atoms. The number of esters is 2. The number of carboxylic acid groups (broad SMARTS) is 1. The highest BCUT2D eigenvalue weighted by Crippen LogP contribution is 2.03. The van der Waals surface area contributed by atoms with Crippen molar-refractivity contribution in [3.8, 4) is 0 Å². The number of hydrogen-bond donors (Lipinski definition) is 2. The zero-order valence-electron chi connectivity index (χ0n) is 20.3. The lowest BCUT2D eigenvalue weighted by molar-refractivity contribution is -0.140. The van der Waals surface area contributed by atoms with Gasteiger partial charge in [0.1, 0.15) is 6.61 Å². The van der Waals surface area contributed by atoms with E-state index >= 15 is 0 Å². The van der Waals surface area contributed by atoms with Crippen LogP contribution in [0.4, 0.5) is 0 Å². The highest BCUT2D eigenvalue weighted by molar-refractivity contribution is 5.87. The van der Waals surface area contributed by atoms with Gasteiger partial charge in [-0.15, -0.1) is 0 Å². The molecule has 7 nitrogen and oxygen atoms in total. The fourth-order valence-electron chi connectivity index (χ4n) is 1.52. The second-order valence-corrected chi connectivity index (χ2v) is 6.54. The summed E-state index contributed by atoms with van der Waals surface area (Å²) in [7, 11) is 1.33. The molecule has 0 fully saturated rings. The number of aliphatic hydroxyl groups is 1. The maximum absolute atomic E-state index is 10.5. The van der Waals surface area contributed by atoms with Crippen LogP contribution in [0.1, 0.15) is 45.6 Å². The maximum atomic E-state index is 10.5. The number of carbonyl (C=O) groups excluding carboxylic acids is 2. The average molecular weight is 463 g/mol. The van der Waals surface area contributed by atoms with Crippen LogP contribution in [0, 0.1) is 0 Å². The summed E-state index contributed by atoms with van der Waals surface area (Å²) in [5, 5.41) is 16.5. The Morgan fingerprint density at radius 3 is 1.79 bits per heavy atom. The first-order valence-corrected chi connectivity index (χ1v) is 10.2. The van der Waals surface area contributed by atoms with Crippen molar-refractivity contribution in [3.63, 3.8) is 0 Å². The van der Waals surface area contributed by atoms with Gasteiger partial charge in [-0.25, -0.2) is 14.4 Å². The Hall–Kier alpha value is -3.45. The van der Waals surface area contributed by atoms with Gasteiger partial charge in [0.2, 0.25) is 0 Å². The Kier molecular flexibility index (Phi) is 24.0. The standard InChI is InChI=1S/C8H8.C7H12O2.C6H10O3.C5H8O2/c1-2-8-6-4-3-5-7-8;1-3-4-5-6(2)7(8)9;1-5(2)6(8)9-4-3-7;1-4(2)5(6)7-3/h2-7H,1H2;2-5H2,1H3,(H,8,9);7H,1,3-4H2,2H3;1H2,2-3H3. The molecule has 0 heterocycles. The largest absolute Gasteiger partial charge is 0.478 e. The van der Waals surface area contributed by atoms with Crippen LogP contribution in [0.25, 0.3) is 6.08 Å². The van der Waals surface area contributed by atoms with Gasteiger partial charge in [-0.05, 0) is 32.3 Å². The van der Waals surface area contributed by atoms with E-state index < -0.39 is 11.9 Å². The van der Waals surface area contributed by atoms with E-state index in [0.29, 0.717) is 23.1 Å². The Labute approximate surface area is 197 Å². The fraction of sp³-hybridized carbons (Fsp3) is 0.346. The second-order valence-electron chi connectivity index (χ2n) is 6.54. The molecular weight excluding hydrogens is 424 g/mol. The third-order valence-electron chi connectivity index (χ3n) is 3.38. The lowest BCUT2D eigenvalue weighted by atomic mass is 10.1. The molecule has 0 radical (unpaired) electrons. The SMILES string of the molecule is C=C(C)C(=O)OC.C=C(C)C(=O)OCCO.C=C(CCCC)C(=O)O.C=Cc1ccccc1. The third kappa shape index (κ3) is 24.7. The number of rotatable bonds is 9. The molecule has 0 aliphatic rings. The number of hydrogen-bond acceptors (Lipinski definition) is 6. The van der Waals surface area contributed by atoms with E-state index in [0.717, 1.165) is 12.8 Å². The van der Waals surface area contributed by atoms with Gasteiger partial charge in [0.25, 0.3) is 0 Å². The molecule has 0 saturated heterocycles. The number of benzene rings is 1. The molecular formula is C26H38O7. The first-order valence-electron chi connectivity index (χ1n) is 10.2. The molecule has 1 aromatic carbocycles. The van der Waals surface area contributed by atoms with E-state index in [1.54, 1.807) is 13.8 Å². The molecule has 0 saturated carbocycles. The molecule has 184 valence electrons. The average Bonchev–Trinajstić information content (AvgIpc) is 2.81. The minimum atomic E-state index is -0.872. The Balaban J connectivity index is -0.000000365. The molecule has 0 aliphatic heterocycles. The molecule has 0 bridgehead atoms. The predicted molar refractivity (Wildman–Crippen MR) is 133 cm³/mol. The summed E-state index contributed by atoms with van der Waals surface area (Å²) < 4.78 is 8.74. The zero-order valence-corrected chi connectivity index (χ0v) is 20.3. The fourth-order valence-corrected chi connectivity index (χ4v) is 1.52. The predicted octanol–water partition coefficient (Wildman–Crippen LogP) is 4.98. The van der Waals surface area contributed by atoms with Crippen LogP contribution < -0.4 is 0 Å². The molecule has 7 heteroatoms. The number of carbonyl (C=O) groups is 3. The smallest absolute Gasteiger partial charge is 0.333 e. The van der Waals surface area contributed by atoms with Crippen molar-refractivity contribution < 1.29 is 34.1 Å². The first kappa shape index (κ1) is 34.2. The Bertz CT molecular complexity index is 719. The van der Waals surface area contributed by atoms with Gasteiger partial charge in [0.05, 0.1) is 13.7 Å². The van der Waals surface area contributed by atoms with Gasteiger partial charge < -0.3 is 19.7 Å². The topological polar surface area (TPSA) is 110 Å². The lowest BCUT2D eigenvalue weighted by Crippen LogP contribution is -2.08. The van der Waals surface area contributed by atoms with Crippen LogP contribution in [-0.2, 0) is 23.9 Å². The first-order chi connectivity index (χ1) is 15.5. The van der Waals surface area contributed by atoms with Crippen molar-refractivity contribution >= 4 is 24.0 Å². The highest BCUT2D eigenvalue weighted by atomic mass is 16.5. The summed E-state index contributed by atoms with van der Waals surface area (Å²) in [6.45, 7) is 18.8. The number of aliphatic hydroxyl groups excluding tert-OH is 1. The lowest BCUT2D eigenvalue weighted by Gasteiger charge is -1.99. The van der Waals surface area contributed by atoms with Crippen molar-refractivity contribution in [2.24, 2.45) is 0 Å². The van der Waals surface area contributed by atoms with Crippen LogP contribution >= 0.6 is 0 Å². The summed E-state index contributed by atoms with van der Waals surface area (Å²) in [4.78, 5) is 30.8. The third-order valence-corrected chi connectivity index (χ3v) is 3.38. The van der Waals surface area contributed by atoms with E-state index in [4.69, 9.17) is 10.2 Å². The van der Waals surface area contributed by atoms with Crippen molar-refractivity contribution in [1.29, 1.82) is 0 Å². The van der Waals surface area contributed by atoms with Crippen LogP contribution in [0.15, 0.2) is 73.4 Å². The number of aliphatic carboxylic acids is 1. The molecule has 33 heavy (non-hydrogen) atoms. The van der Waals surface area contributed by atoms with Gasteiger partial charge in [-0.1, -0.05) is 76.1 Å². The Morgan fingerprint density at radius 1 is 1.00 bits per heavy atom. The molecule has 0 amide bonds. The summed E-state index contributed by atoms with van der Waals surface area (Å²) in [6, 6.07) is 10.0. The minimum absolute atomic E-state index is 0.0473. The normalized spacial score (nSPS) is 8.52. The van der Waals surface area contributed by atoms with Crippen molar-refractivity contribution in [1.82, 2.24) is 0 Å². The summed E-state index contributed by atoms with van der Waals surface area (Å²) in [6.07, 6.45) is 4.39. The number of methoxy groups -OCH3 is 1. The summed E-state index contributed by atoms with van der Waals surface area (Å²) in [5.41, 5.74) is 2.27. The van der Waals surface area contributed by atoms with Crippen molar-refractivity contribution in [2.75, 3.05) is 20.3 Å². The minimum Gasteiger partial charge on any atom is -0.478 e. The van der Waals surface area contributed by atoms with Gasteiger partial charge in [0, 0.05) is 16.7 Å². The maximum Gasteiger partial charge on any atom is 0.333 e. The van der Waals surface area contributed by atoms with E-state index in [2.05, 4.69) is 35.8 Å². The van der Waals surface area contributed by atoms with E-state index in [-0.39, 0.29) is 19.2 Å². The highest BCUT2D eigenvalue weighted by Gasteiger charge is 2.01. The van der Waals surface area contributed by atoms with Gasteiger partial charge in [-0.3, -0.25) is 0 Å². The molecule has 0 aromatic heterocycles. The van der Waals surface area contributed by atoms with Crippen LogP contribution in [0.2, 0.25) is 0 Å². The molecule has 1 rings (SSSR count). The van der Waals surface area contributed by atoms with Crippen molar-refractivity contribution in [2.45, 2.75) is 40.0 Å². The van der Waals surface area contributed by atoms with Crippen LogP contribution in [-0.4, -0.2) is 48.4 Å². The van der Waals surface area contributed by atoms with Crippen LogP contribution in [0.5, 0.6) is 0 Å². The molecule has 0 aliphatic carbocycles. The van der Waals surface area contributed by atoms with E-state index in [1.807, 2.05) is 43.3 Å². The monoisotopic (exact) mass is 462 g/mol. The number of unbranched alkanes of at least 4 members (excludes halogenated alkanes) is 1. The van der Waals surface area contributed by atoms with Gasteiger partial charge >= 0.3 is 17.9 Å². The molecule has 0 atom stereocenters. The number of ether oxygens (including phenoxy) is 2. The van der Waals surface area contributed by atoms with Gasteiger partial charge in [-0.2, -0.15) is 0 Å². The Morgan fingerprint density at radius 2 is 1.52 bits per heavy atom. The van der Waals surface area contributed by atoms with Crippen molar-refractivity contribution in [3.05, 3.63) is 78.9 Å². The number of carboxylic acids is 1. The van der Waals surface area contributed by atoms with Crippen LogP contribution in [0.3, 0.4) is 0 Å². The second kappa shape index (κ2) is 23.2. The van der Waals surface area contributed by atoms with E-state index in [1.165, 1.54) is 12.7 Å². The molecule has 0 unspecified atom stereocenters.